The lowest BCUT2D eigenvalue weighted by Crippen LogP contribution is -2.49. The van der Waals surface area contributed by atoms with Gasteiger partial charge < -0.3 is 10.6 Å². The zero-order valence-corrected chi connectivity index (χ0v) is 14.2. The van der Waals surface area contributed by atoms with Crippen LogP contribution in [0.25, 0.3) is 0 Å². The van der Waals surface area contributed by atoms with E-state index < -0.39 is 18.0 Å². The lowest BCUT2D eigenvalue weighted by Gasteiger charge is -2.23. The van der Waals surface area contributed by atoms with Gasteiger partial charge in [0, 0.05) is 12.7 Å². The molecular weight excluding hydrogens is 296 g/mol. The summed E-state index contributed by atoms with van der Waals surface area (Å²) in [4.78, 5) is 36.7. The van der Waals surface area contributed by atoms with Crippen LogP contribution in [0.4, 0.5) is 10.5 Å². The predicted octanol–water partition coefficient (Wildman–Crippen LogP) is 1.02. The monoisotopic (exact) mass is 320 g/mol. The fourth-order valence-corrected chi connectivity index (χ4v) is 1.90. The van der Waals surface area contributed by atoms with Gasteiger partial charge in [0.25, 0.3) is 0 Å². The predicted molar refractivity (Wildman–Crippen MR) is 89.2 cm³/mol. The molecule has 126 valence electrons. The van der Waals surface area contributed by atoms with Crippen molar-refractivity contribution in [3.63, 3.8) is 0 Å². The SMILES string of the molecule is CNC(=O)NC(=O)C(C)N(C)CC(=O)Nc1cc(C)ccc1C. The number of anilines is 1. The smallest absolute Gasteiger partial charge is 0.321 e. The maximum absolute atomic E-state index is 12.1. The van der Waals surface area contributed by atoms with E-state index in [0.29, 0.717) is 0 Å². The molecule has 1 aromatic carbocycles. The van der Waals surface area contributed by atoms with Crippen molar-refractivity contribution >= 4 is 23.5 Å². The second-order valence-electron chi connectivity index (χ2n) is 5.53. The first-order valence-electron chi connectivity index (χ1n) is 7.34. The molecule has 23 heavy (non-hydrogen) atoms. The van der Waals surface area contributed by atoms with Crippen molar-refractivity contribution in [2.45, 2.75) is 26.8 Å². The molecule has 0 aliphatic heterocycles. The first-order valence-corrected chi connectivity index (χ1v) is 7.34. The van der Waals surface area contributed by atoms with Crippen LogP contribution >= 0.6 is 0 Å². The summed E-state index contributed by atoms with van der Waals surface area (Å²) >= 11 is 0. The van der Waals surface area contributed by atoms with Gasteiger partial charge in [-0.2, -0.15) is 0 Å². The molecule has 0 aliphatic rings. The molecular formula is C16H24N4O3. The molecule has 3 N–H and O–H groups in total. The van der Waals surface area contributed by atoms with Crippen molar-refractivity contribution in [2.75, 3.05) is 26.0 Å². The van der Waals surface area contributed by atoms with Gasteiger partial charge in [-0.1, -0.05) is 12.1 Å². The van der Waals surface area contributed by atoms with Crippen LogP contribution in [-0.2, 0) is 9.59 Å². The van der Waals surface area contributed by atoms with E-state index in [1.807, 2.05) is 32.0 Å². The van der Waals surface area contributed by atoms with E-state index in [2.05, 4.69) is 16.0 Å². The van der Waals surface area contributed by atoms with Crippen LogP contribution in [-0.4, -0.2) is 49.4 Å². The van der Waals surface area contributed by atoms with Crippen LogP contribution in [0, 0.1) is 13.8 Å². The summed E-state index contributed by atoms with van der Waals surface area (Å²) in [5.41, 5.74) is 2.78. The summed E-state index contributed by atoms with van der Waals surface area (Å²) in [7, 11) is 3.07. The fraction of sp³-hybridized carbons (Fsp3) is 0.438. The Hall–Kier alpha value is -2.41. The number of hydrogen-bond donors (Lipinski definition) is 3. The topological polar surface area (TPSA) is 90.5 Å². The molecule has 1 rings (SSSR count). The number of likely N-dealkylation sites (N-methyl/N-ethyl adjacent to an activating group) is 1. The Morgan fingerprint density at radius 3 is 2.48 bits per heavy atom. The first-order chi connectivity index (χ1) is 10.7. The van der Waals surface area contributed by atoms with Crippen LogP contribution in [0.15, 0.2) is 18.2 Å². The number of hydrogen-bond acceptors (Lipinski definition) is 4. The summed E-state index contributed by atoms with van der Waals surface area (Å²) in [6.45, 7) is 5.53. The third-order valence-corrected chi connectivity index (χ3v) is 3.56. The molecule has 0 spiro atoms. The van der Waals surface area contributed by atoms with E-state index in [9.17, 15) is 14.4 Å². The van der Waals surface area contributed by atoms with E-state index in [1.54, 1.807) is 18.9 Å². The maximum Gasteiger partial charge on any atom is 0.321 e. The van der Waals surface area contributed by atoms with Crippen molar-refractivity contribution in [1.82, 2.24) is 15.5 Å². The summed E-state index contributed by atoms with van der Waals surface area (Å²) in [5, 5.41) is 7.33. The molecule has 0 radical (unpaired) electrons. The van der Waals surface area contributed by atoms with Crippen molar-refractivity contribution in [3.05, 3.63) is 29.3 Å². The zero-order valence-electron chi connectivity index (χ0n) is 14.2. The molecule has 1 aromatic rings. The number of nitrogens with one attached hydrogen (secondary N) is 3. The van der Waals surface area contributed by atoms with Crippen LogP contribution in [0.2, 0.25) is 0 Å². The molecule has 0 saturated carbocycles. The highest BCUT2D eigenvalue weighted by Crippen LogP contribution is 2.16. The van der Waals surface area contributed by atoms with Gasteiger partial charge in [-0.3, -0.25) is 19.8 Å². The number of nitrogens with zero attached hydrogens (tertiary/aromatic N) is 1. The Balaban J connectivity index is 2.60. The number of benzene rings is 1. The molecule has 7 nitrogen and oxygen atoms in total. The Kier molecular flexibility index (Phi) is 6.71. The van der Waals surface area contributed by atoms with Gasteiger partial charge in [-0.25, -0.2) is 4.79 Å². The minimum atomic E-state index is -0.614. The van der Waals surface area contributed by atoms with Gasteiger partial charge in [0.15, 0.2) is 0 Å². The third-order valence-electron chi connectivity index (χ3n) is 3.56. The first kappa shape index (κ1) is 18.6. The fourth-order valence-electron chi connectivity index (χ4n) is 1.90. The Morgan fingerprint density at radius 2 is 1.87 bits per heavy atom. The van der Waals surface area contributed by atoms with Crippen molar-refractivity contribution in [3.8, 4) is 0 Å². The zero-order chi connectivity index (χ0) is 17.6. The summed E-state index contributed by atoms with van der Waals surface area (Å²) < 4.78 is 0. The number of urea groups is 1. The highest BCUT2D eigenvalue weighted by Gasteiger charge is 2.21. The quantitative estimate of drug-likeness (QED) is 0.755. The Bertz CT molecular complexity index is 601. The molecule has 0 saturated heterocycles. The van der Waals surface area contributed by atoms with Crippen LogP contribution < -0.4 is 16.0 Å². The third kappa shape index (κ3) is 5.71. The van der Waals surface area contributed by atoms with Gasteiger partial charge in [0.1, 0.15) is 0 Å². The number of carbonyl (C=O) groups excluding carboxylic acids is 3. The standard InChI is InChI=1S/C16H24N4O3/c1-10-6-7-11(2)13(8-10)18-14(21)9-20(5)12(3)15(22)19-16(23)17-4/h6-8,12H,9H2,1-5H3,(H,18,21)(H2,17,19,22,23). The molecule has 1 atom stereocenters. The van der Waals surface area contributed by atoms with Gasteiger partial charge in [-0.05, 0) is 45.0 Å². The Morgan fingerprint density at radius 1 is 1.22 bits per heavy atom. The minimum absolute atomic E-state index is 0.0374. The molecule has 0 heterocycles. The van der Waals surface area contributed by atoms with Gasteiger partial charge in [-0.15, -0.1) is 0 Å². The summed E-state index contributed by atoms with van der Waals surface area (Å²) in [6.07, 6.45) is 0. The second-order valence-corrected chi connectivity index (χ2v) is 5.53. The molecule has 0 aliphatic carbocycles. The molecule has 0 bridgehead atoms. The van der Waals surface area contributed by atoms with Crippen LogP contribution in [0.3, 0.4) is 0 Å². The average molecular weight is 320 g/mol. The number of rotatable bonds is 5. The molecule has 0 fully saturated rings. The van der Waals surface area contributed by atoms with Crippen molar-refractivity contribution in [1.29, 1.82) is 0 Å². The minimum Gasteiger partial charge on any atom is -0.341 e. The maximum atomic E-state index is 12.1. The normalized spacial score (nSPS) is 11.7. The Labute approximate surface area is 136 Å². The summed E-state index contributed by atoms with van der Waals surface area (Å²) in [5.74, 6) is -0.688. The summed E-state index contributed by atoms with van der Waals surface area (Å²) in [6, 6.07) is 4.62. The highest BCUT2D eigenvalue weighted by molar-refractivity contribution is 5.97. The van der Waals surface area contributed by atoms with E-state index in [4.69, 9.17) is 0 Å². The van der Waals surface area contributed by atoms with Crippen LogP contribution in [0.1, 0.15) is 18.1 Å². The number of imide groups is 1. The van der Waals surface area contributed by atoms with Gasteiger partial charge in [0.05, 0.1) is 12.6 Å². The molecule has 0 aromatic heterocycles. The average Bonchev–Trinajstić information content (AvgIpc) is 2.49. The van der Waals surface area contributed by atoms with Crippen LogP contribution in [0.5, 0.6) is 0 Å². The number of amides is 4. The van der Waals surface area contributed by atoms with E-state index in [0.717, 1.165) is 16.8 Å². The van der Waals surface area contributed by atoms with Crippen molar-refractivity contribution in [2.24, 2.45) is 0 Å². The molecule has 1 unspecified atom stereocenters. The largest absolute Gasteiger partial charge is 0.341 e. The lowest BCUT2D eigenvalue weighted by molar-refractivity contribution is -0.125. The van der Waals surface area contributed by atoms with E-state index in [1.165, 1.54) is 7.05 Å². The van der Waals surface area contributed by atoms with E-state index >= 15 is 0 Å². The molecule has 4 amide bonds. The van der Waals surface area contributed by atoms with Gasteiger partial charge in [0.2, 0.25) is 11.8 Å². The highest BCUT2D eigenvalue weighted by atomic mass is 16.2. The van der Waals surface area contributed by atoms with Gasteiger partial charge >= 0.3 is 6.03 Å². The van der Waals surface area contributed by atoms with Crippen molar-refractivity contribution < 1.29 is 14.4 Å². The number of aryl methyl sites for hydroxylation is 2. The number of carbonyl (C=O) groups is 3. The van der Waals surface area contributed by atoms with E-state index in [-0.39, 0.29) is 12.5 Å². The second kappa shape index (κ2) is 8.28. The lowest BCUT2D eigenvalue weighted by atomic mass is 10.1. The molecule has 7 heteroatoms.